The minimum atomic E-state index is -0.791. The van der Waals surface area contributed by atoms with Gasteiger partial charge in [0.2, 0.25) is 0 Å². The van der Waals surface area contributed by atoms with Gasteiger partial charge in [-0.2, -0.15) is 0 Å². The fourth-order valence-electron chi connectivity index (χ4n) is 4.06. The minimum Gasteiger partial charge on any atom is -0.507 e. The maximum absolute atomic E-state index is 13.1. The van der Waals surface area contributed by atoms with Crippen molar-refractivity contribution in [2.24, 2.45) is 0 Å². The second kappa shape index (κ2) is 9.96. The van der Waals surface area contributed by atoms with Gasteiger partial charge in [-0.1, -0.05) is 12.1 Å². The number of ketones is 1. The fraction of sp³-hybridized carbons (Fsp3) is 0.400. The van der Waals surface area contributed by atoms with Gasteiger partial charge in [0.05, 0.1) is 30.0 Å². The average Bonchev–Trinajstić information content (AvgIpc) is 3.01. The van der Waals surface area contributed by atoms with Gasteiger partial charge in [-0.25, -0.2) is 0 Å². The van der Waals surface area contributed by atoms with E-state index in [0.717, 1.165) is 11.1 Å². The highest BCUT2D eigenvalue weighted by Gasteiger charge is 2.46. The van der Waals surface area contributed by atoms with Crippen LogP contribution in [-0.2, 0) is 14.3 Å². The van der Waals surface area contributed by atoms with Crippen LogP contribution in [0.5, 0.6) is 5.75 Å². The lowest BCUT2D eigenvalue weighted by Gasteiger charge is -2.25. The van der Waals surface area contributed by atoms with Gasteiger partial charge in [0.25, 0.3) is 11.7 Å². The van der Waals surface area contributed by atoms with Gasteiger partial charge >= 0.3 is 0 Å². The summed E-state index contributed by atoms with van der Waals surface area (Å²) in [5.41, 5.74) is 2.64. The number of aryl methyl sites for hydroxylation is 2. The molecule has 1 aromatic carbocycles. The van der Waals surface area contributed by atoms with Crippen molar-refractivity contribution in [1.29, 1.82) is 0 Å². The number of aromatic nitrogens is 1. The van der Waals surface area contributed by atoms with Crippen LogP contribution < -0.4 is 4.74 Å². The standard InChI is InChI=1S/C25H30N2O5/c1-15(2)32-12-8-11-27-21(19-9-6-7-10-26-19)20(23(29)25(27)30)22(28)18-14-16(3)13-17(4)24(18)31-5/h6-7,9-10,13-15,21,28H,8,11-12H2,1-5H3/b22-20+. The number of rotatable bonds is 8. The Kier molecular flexibility index (Phi) is 7.30. The summed E-state index contributed by atoms with van der Waals surface area (Å²) in [6, 6.07) is 8.20. The Bertz CT molecular complexity index is 1030. The molecule has 0 saturated carbocycles. The monoisotopic (exact) mass is 438 g/mol. The molecule has 0 aliphatic carbocycles. The van der Waals surface area contributed by atoms with Crippen LogP contribution >= 0.6 is 0 Å². The summed E-state index contributed by atoms with van der Waals surface area (Å²) in [7, 11) is 1.51. The van der Waals surface area contributed by atoms with E-state index in [1.165, 1.54) is 12.0 Å². The maximum Gasteiger partial charge on any atom is 0.295 e. The van der Waals surface area contributed by atoms with Gasteiger partial charge in [0.1, 0.15) is 17.6 Å². The lowest BCUT2D eigenvalue weighted by Crippen LogP contribution is -2.31. The molecule has 1 aromatic heterocycles. The number of pyridine rings is 1. The molecular weight excluding hydrogens is 408 g/mol. The van der Waals surface area contributed by atoms with Gasteiger partial charge in [-0.05, 0) is 63.4 Å². The van der Waals surface area contributed by atoms with Crippen LogP contribution in [0.4, 0.5) is 0 Å². The third kappa shape index (κ3) is 4.67. The number of aliphatic hydroxyl groups excluding tert-OH is 1. The number of methoxy groups -OCH3 is 1. The van der Waals surface area contributed by atoms with Gasteiger partial charge in [-0.3, -0.25) is 14.6 Å². The Hall–Kier alpha value is -3.19. The van der Waals surface area contributed by atoms with Crippen molar-refractivity contribution in [2.75, 3.05) is 20.3 Å². The van der Waals surface area contributed by atoms with Crippen LogP contribution in [0.25, 0.3) is 5.76 Å². The van der Waals surface area contributed by atoms with Crippen molar-refractivity contribution in [1.82, 2.24) is 9.88 Å². The van der Waals surface area contributed by atoms with E-state index in [4.69, 9.17) is 9.47 Å². The molecule has 7 heteroatoms. The Morgan fingerprint density at radius 3 is 2.59 bits per heavy atom. The van der Waals surface area contributed by atoms with Crippen LogP contribution in [0.2, 0.25) is 0 Å². The molecule has 1 aliphatic rings. The SMILES string of the molecule is COc1c(C)cc(C)cc1/C(O)=C1\C(=O)C(=O)N(CCCOC(C)C)C1c1ccccn1. The maximum atomic E-state index is 13.1. The first-order valence-electron chi connectivity index (χ1n) is 10.7. The molecule has 1 N–H and O–H groups in total. The average molecular weight is 439 g/mol. The Morgan fingerprint density at radius 1 is 1.22 bits per heavy atom. The highest BCUT2D eigenvalue weighted by atomic mass is 16.5. The predicted molar refractivity (Wildman–Crippen MR) is 121 cm³/mol. The van der Waals surface area contributed by atoms with Crippen LogP contribution in [0, 0.1) is 13.8 Å². The first kappa shape index (κ1) is 23.5. The summed E-state index contributed by atoms with van der Waals surface area (Å²) in [4.78, 5) is 32.0. The topological polar surface area (TPSA) is 89.0 Å². The second-order valence-corrected chi connectivity index (χ2v) is 8.18. The number of likely N-dealkylation sites (tertiary alicyclic amines) is 1. The number of benzene rings is 1. The van der Waals surface area contributed by atoms with Crippen LogP contribution in [0.3, 0.4) is 0 Å². The van der Waals surface area contributed by atoms with E-state index in [9.17, 15) is 14.7 Å². The molecule has 7 nitrogen and oxygen atoms in total. The highest BCUT2D eigenvalue weighted by molar-refractivity contribution is 6.46. The molecule has 0 spiro atoms. The van der Waals surface area contributed by atoms with Gasteiger partial charge < -0.3 is 19.5 Å². The molecule has 1 fully saturated rings. The number of carbonyl (C=O) groups is 2. The highest BCUT2D eigenvalue weighted by Crippen LogP contribution is 2.41. The smallest absolute Gasteiger partial charge is 0.295 e. The van der Waals surface area contributed by atoms with E-state index in [1.54, 1.807) is 30.5 Å². The number of hydrogen-bond acceptors (Lipinski definition) is 6. The van der Waals surface area contributed by atoms with E-state index >= 15 is 0 Å². The number of Topliss-reactive ketones (excluding diaryl/α,β-unsaturated/α-hetero) is 1. The molecule has 1 atom stereocenters. The van der Waals surface area contributed by atoms with Gasteiger partial charge in [-0.15, -0.1) is 0 Å². The number of hydrogen-bond donors (Lipinski definition) is 1. The van der Waals surface area contributed by atoms with Gasteiger partial charge in [0, 0.05) is 19.3 Å². The largest absolute Gasteiger partial charge is 0.507 e. The van der Waals surface area contributed by atoms with Crippen molar-refractivity contribution in [2.45, 2.75) is 46.3 Å². The molecule has 0 radical (unpaired) electrons. The van der Waals surface area contributed by atoms with E-state index in [-0.39, 0.29) is 17.4 Å². The summed E-state index contributed by atoms with van der Waals surface area (Å²) in [5.74, 6) is -1.19. The Labute approximate surface area is 188 Å². The lowest BCUT2D eigenvalue weighted by atomic mass is 9.95. The van der Waals surface area contributed by atoms with Crippen LogP contribution in [-0.4, -0.2) is 53.0 Å². The molecule has 2 heterocycles. The van der Waals surface area contributed by atoms with E-state index in [2.05, 4.69) is 4.98 Å². The zero-order valence-corrected chi connectivity index (χ0v) is 19.2. The lowest BCUT2D eigenvalue weighted by molar-refractivity contribution is -0.140. The molecule has 1 amide bonds. The molecule has 3 rings (SSSR count). The van der Waals surface area contributed by atoms with Crippen molar-refractivity contribution < 1.29 is 24.2 Å². The molecule has 1 saturated heterocycles. The summed E-state index contributed by atoms with van der Waals surface area (Å²) < 4.78 is 11.1. The fourth-order valence-corrected chi connectivity index (χ4v) is 4.06. The quantitative estimate of drug-likeness (QED) is 0.291. The van der Waals surface area contributed by atoms with E-state index in [0.29, 0.717) is 36.6 Å². The number of ether oxygens (including phenoxy) is 2. The van der Waals surface area contributed by atoms with Crippen molar-refractivity contribution in [3.8, 4) is 5.75 Å². The first-order chi connectivity index (χ1) is 15.3. The van der Waals surface area contributed by atoms with E-state index < -0.39 is 17.7 Å². The normalized spacial score (nSPS) is 17.9. The first-order valence-corrected chi connectivity index (χ1v) is 10.7. The molecule has 0 bridgehead atoms. The zero-order chi connectivity index (χ0) is 23.4. The number of amides is 1. The molecule has 32 heavy (non-hydrogen) atoms. The third-order valence-corrected chi connectivity index (χ3v) is 5.38. The Morgan fingerprint density at radius 2 is 1.97 bits per heavy atom. The molecule has 1 unspecified atom stereocenters. The summed E-state index contributed by atoms with van der Waals surface area (Å²) in [6.45, 7) is 8.41. The molecule has 1 aliphatic heterocycles. The third-order valence-electron chi connectivity index (χ3n) is 5.38. The zero-order valence-electron chi connectivity index (χ0n) is 19.2. The summed E-state index contributed by atoms with van der Waals surface area (Å²) in [5, 5.41) is 11.3. The molecular formula is C25H30N2O5. The predicted octanol–water partition coefficient (Wildman–Crippen LogP) is 3.94. The van der Waals surface area contributed by atoms with E-state index in [1.807, 2.05) is 33.8 Å². The second-order valence-electron chi connectivity index (χ2n) is 8.18. The summed E-state index contributed by atoms with van der Waals surface area (Å²) >= 11 is 0. The minimum absolute atomic E-state index is 0.0155. The van der Waals surface area contributed by atoms with Gasteiger partial charge in [0.15, 0.2) is 0 Å². The van der Waals surface area contributed by atoms with Crippen LogP contribution in [0.1, 0.15) is 48.7 Å². The van der Waals surface area contributed by atoms with Crippen LogP contribution in [0.15, 0.2) is 42.1 Å². The number of aliphatic hydroxyl groups is 1. The summed E-state index contributed by atoms with van der Waals surface area (Å²) in [6.07, 6.45) is 2.24. The number of nitrogens with zero attached hydrogens (tertiary/aromatic N) is 2. The van der Waals surface area contributed by atoms with Crippen molar-refractivity contribution >= 4 is 17.4 Å². The van der Waals surface area contributed by atoms with Crippen molar-refractivity contribution in [3.05, 3.63) is 64.5 Å². The number of carbonyl (C=O) groups excluding carboxylic acids is 2. The Balaban J connectivity index is 2.11. The molecule has 2 aromatic rings. The van der Waals surface area contributed by atoms with Crippen molar-refractivity contribution in [3.63, 3.8) is 0 Å². The molecule has 170 valence electrons.